The van der Waals surface area contributed by atoms with Gasteiger partial charge in [-0.2, -0.15) is 0 Å². The van der Waals surface area contributed by atoms with Crippen LogP contribution in [0.3, 0.4) is 0 Å². The van der Waals surface area contributed by atoms with Crippen LogP contribution in [0.4, 0.5) is 0 Å². The third-order valence-corrected chi connectivity index (χ3v) is 3.34. The number of nitrogens with zero attached hydrogens (tertiary/aromatic N) is 2. The zero-order valence-corrected chi connectivity index (χ0v) is 9.60. The summed E-state index contributed by atoms with van der Waals surface area (Å²) < 4.78 is 4.58. The molecule has 2 nitrogen and oxygen atoms in total. The lowest BCUT2D eigenvalue weighted by Crippen LogP contribution is -2.34. The first-order valence-corrected chi connectivity index (χ1v) is 6.08. The number of hydrogen-bond donors (Lipinski definition) is 0. The molecule has 0 fully saturated rings. The van der Waals surface area contributed by atoms with Crippen LogP contribution in [0.25, 0.3) is 0 Å². The standard InChI is InChI=1S/C10H19N2S/c1-4-8-13-9-12-7-6-11(5-2)10(12)3/h6-7H,4-5,8-9H2,1-3H3/q+1. The third kappa shape index (κ3) is 2.76. The highest BCUT2D eigenvalue weighted by Crippen LogP contribution is 2.03. The molecule has 0 N–H and O–H groups in total. The molecule has 0 radical (unpaired) electrons. The van der Waals surface area contributed by atoms with E-state index in [0.717, 1.165) is 12.4 Å². The van der Waals surface area contributed by atoms with Gasteiger partial charge in [0.1, 0.15) is 18.3 Å². The van der Waals surface area contributed by atoms with Crippen LogP contribution in [0.5, 0.6) is 0 Å². The summed E-state index contributed by atoms with van der Waals surface area (Å²) in [4.78, 5) is 0. The smallest absolute Gasteiger partial charge is 0.235 e. The summed E-state index contributed by atoms with van der Waals surface area (Å²) in [5, 5.41) is 0. The summed E-state index contributed by atoms with van der Waals surface area (Å²) >= 11 is 1.99. The van der Waals surface area contributed by atoms with E-state index in [9.17, 15) is 0 Å². The third-order valence-electron chi connectivity index (χ3n) is 2.18. The van der Waals surface area contributed by atoms with Gasteiger partial charge in [0.15, 0.2) is 0 Å². The average molecular weight is 199 g/mol. The summed E-state index contributed by atoms with van der Waals surface area (Å²) in [6.45, 7) is 7.64. The van der Waals surface area contributed by atoms with Crippen LogP contribution in [0, 0.1) is 6.92 Å². The molecule has 74 valence electrons. The topological polar surface area (TPSA) is 8.81 Å². The fraction of sp³-hybridized carbons (Fsp3) is 0.700. The molecule has 3 heteroatoms. The van der Waals surface area contributed by atoms with Crippen molar-refractivity contribution in [2.24, 2.45) is 0 Å². The van der Waals surface area contributed by atoms with Gasteiger partial charge in [-0.15, -0.1) is 11.8 Å². The molecule has 1 aromatic rings. The van der Waals surface area contributed by atoms with Gasteiger partial charge in [0.05, 0.1) is 6.54 Å². The Morgan fingerprint density at radius 2 is 2.23 bits per heavy atom. The molecule has 0 amide bonds. The Morgan fingerprint density at radius 3 is 2.77 bits per heavy atom. The molecular formula is C10H19N2S+. The van der Waals surface area contributed by atoms with E-state index in [1.807, 2.05) is 11.8 Å². The van der Waals surface area contributed by atoms with Crippen LogP contribution in [0.2, 0.25) is 0 Å². The van der Waals surface area contributed by atoms with Crippen LogP contribution < -0.4 is 4.57 Å². The van der Waals surface area contributed by atoms with Crippen LogP contribution in [-0.4, -0.2) is 10.3 Å². The lowest BCUT2D eigenvalue weighted by molar-refractivity contribution is -0.681. The Morgan fingerprint density at radius 1 is 1.46 bits per heavy atom. The summed E-state index contributed by atoms with van der Waals surface area (Å²) in [5.41, 5.74) is 0. The number of aromatic nitrogens is 2. The average Bonchev–Trinajstić information content (AvgIpc) is 2.48. The predicted octanol–water partition coefficient (Wildman–Crippen LogP) is 2.20. The van der Waals surface area contributed by atoms with Gasteiger partial charge >= 0.3 is 0 Å². The molecule has 1 heterocycles. The largest absolute Gasteiger partial charge is 0.253 e. The zero-order chi connectivity index (χ0) is 9.68. The second-order valence-electron chi connectivity index (χ2n) is 3.14. The summed E-state index contributed by atoms with van der Waals surface area (Å²) in [6.07, 6.45) is 5.59. The monoisotopic (exact) mass is 199 g/mol. The highest BCUT2D eigenvalue weighted by Gasteiger charge is 2.09. The van der Waals surface area contributed by atoms with Gasteiger partial charge in [0.2, 0.25) is 0 Å². The van der Waals surface area contributed by atoms with Crippen molar-refractivity contribution < 1.29 is 4.57 Å². The van der Waals surface area contributed by atoms with Crippen molar-refractivity contribution in [3.63, 3.8) is 0 Å². The fourth-order valence-corrected chi connectivity index (χ4v) is 2.21. The van der Waals surface area contributed by atoms with Crippen molar-refractivity contribution in [3.05, 3.63) is 18.2 Å². The van der Waals surface area contributed by atoms with E-state index in [0.29, 0.717) is 0 Å². The highest BCUT2D eigenvalue weighted by atomic mass is 32.2. The Kier molecular flexibility index (Phi) is 4.36. The van der Waals surface area contributed by atoms with Crippen molar-refractivity contribution in [1.29, 1.82) is 0 Å². The van der Waals surface area contributed by atoms with Gasteiger partial charge in [0, 0.05) is 6.92 Å². The highest BCUT2D eigenvalue weighted by molar-refractivity contribution is 7.98. The van der Waals surface area contributed by atoms with Crippen LogP contribution in [0.15, 0.2) is 12.4 Å². The number of imidazole rings is 1. The molecular weight excluding hydrogens is 180 g/mol. The molecule has 0 aliphatic carbocycles. The molecule has 1 rings (SSSR count). The quantitative estimate of drug-likeness (QED) is 0.521. The van der Waals surface area contributed by atoms with Crippen molar-refractivity contribution in [1.82, 2.24) is 4.57 Å². The second kappa shape index (κ2) is 5.32. The summed E-state index contributed by atoms with van der Waals surface area (Å²) in [7, 11) is 0. The van der Waals surface area contributed by atoms with Gasteiger partial charge in [-0.3, -0.25) is 0 Å². The van der Waals surface area contributed by atoms with Crippen molar-refractivity contribution in [3.8, 4) is 0 Å². The van der Waals surface area contributed by atoms with Gasteiger partial charge in [-0.25, -0.2) is 9.13 Å². The Labute approximate surface area is 85.0 Å². The number of aryl methyl sites for hydroxylation is 1. The summed E-state index contributed by atoms with van der Waals surface area (Å²) in [5.74, 6) is 3.70. The zero-order valence-electron chi connectivity index (χ0n) is 8.79. The molecule has 1 aromatic heterocycles. The van der Waals surface area contributed by atoms with E-state index in [1.54, 1.807) is 0 Å². The van der Waals surface area contributed by atoms with E-state index >= 15 is 0 Å². The van der Waals surface area contributed by atoms with Crippen LogP contribution in [-0.2, 0) is 12.4 Å². The first-order chi connectivity index (χ1) is 6.29. The van der Waals surface area contributed by atoms with E-state index in [2.05, 4.69) is 42.3 Å². The number of rotatable bonds is 5. The molecule has 13 heavy (non-hydrogen) atoms. The van der Waals surface area contributed by atoms with E-state index in [-0.39, 0.29) is 0 Å². The molecule has 0 unspecified atom stereocenters. The van der Waals surface area contributed by atoms with Crippen molar-refractivity contribution in [2.45, 2.75) is 39.6 Å². The van der Waals surface area contributed by atoms with E-state index < -0.39 is 0 Å². The van der Waals surface area contributed by atoms with Gasteiger partial charge < -0.3 is 0 Å². The molecule has 0 saturated heterocycles. The minimum atomic E-state index is 1.07. The SMILES string of the molecule is CCCSC[n+]1ccn(CC)c1C. The summed E-state index contributed by atoms with van der Waals surface area (Å²) in [6, 6.07) is 0. The first-order valence-electron chi connectivity index (χ1n) is 4.92. The Bertz CT molecular complexity index is 255. The lowest BCUT2D eigenvalue weighted by atomic mass is 10.6. The Hall–Kier alpha value is -0.440. The molecule has 0 atom stereocenters. The lowest BCUT2D eigenvalue weighted by Gasteiger charge is -1.98. The van der Waals surface area contributed by atoms with Crippen LogP contribution >= 0.6 is 11.8 Å². The first kappa shape index (κ1) is 10.6. The maximum Gasteiger partial charge on any atom is 0.253 e. The van der Waals surface area contributed by atoms with Gasteiger partial charge in [-0.05, 0) is 19.1 Å². The van der Waals surface area contributed by atoms with E-state index in [4.69, 9.17) is 0 Å². The molecule has 0 saturated carbocycles. The fourth-order valence-electron chi connectivity index (χ4n) is 1.32. The maximum absolute atomic E-state index is 2.31. The predicted molar refractivity (Wildman–Crippen MR) is 57.8 cm³/mol. The molecule has 0 aliphatic rings. The number of hydrogen-bond acceptors (Lipinski definition) is 1. The second-order valence-corrected chi connectivity index (χ2v) is 4.21. The minimum absolute atomic E-state index is 1.07. The molecule has 0 aromatic carbocycles. The molecule has 0 aliphatic heterocycles. The Balaban J connectivity index is 2.51. The number of thioether (sulfide) groups is 1. The van der Waals surface area contributed by atoms with E-state index in [1.165, 1.54) is 18.0 Å². The van der Waals surface area contributed by atoms with Gasteiger partial charge in [0.25, 0.3) is 5.82 Å². The molecule has 0 spiro atoms. The van der Waals surface area contributed by atoms with Crippen LogP contribution in [0.1, 0.15) is 26.1 Å². The minimum Gasteiger partial charge on any atom is -0.235 e. The normalized spacial score (nSPS) is 10.7. The van der Waals surface area contributed by atoms with Crippen molar-refractivity contribution in [2.75, 3.05) is 5.75 Å². The molecule has 0 bridgehead atoms. The van der Waals surface area contributed by atoms with Crippen molar-refractivity contribution >= 4 is 11.8 Å². The maximum atomic E-state index is 2.31. The van der Waals surface area contributed by atoms with Gasteiger partial charge in [-0.1, -0.05) is 6.92 Å².